The van der Waals surface area contributed by atoms with Crippen LogP contribution in [0.15, 0.2) is 0 Å². The lowest BCUT2D eigenvalue weighted by atomic mass is 9.84. The number of carbonyl (C=O) groups is 1. The van der Waals surface area contributed by atoms with Crippen LogP contribution >= 0.6 is 12.4 Å². The topological polar surface area (TPSA) is 55.1 Å². The van der Waals surface area contributed by atoms with Crippen LogP contribution in [0.1, 0.15) is 52.9 Å². The summed E-state index contributed by atoms with van der Waals surface area (Å²) in [5.74, 6) is 0.836. The van der Waals surface area contributed by atoms with Crippen LogP contribution in [-0.4, -0.2) is 18.0 Å². The van der Waals surface area contributed by atoms with Crippen molar-refractivity contribution in [3.05, 3.63) is 0 Å². The Morgan fingerprint density at radius 3 is 2.59 bits per heavy atom. The summed E-state index contributed by atoms with van der Waals surface area (Å²) in [6, 6.07) is 0.318. The van der Waals surface area contributed by atoms with Crippen molar-refractivity contribution < 1.29 is 4.79 Å². The Kier molecular flexibility index (Phi) is 7.80. The Bertz CT molecular complexity index is 233. The predicted molar refractivity (Wildman–Crippen MR) is 74.2 cm³/mol. The molecule has 0 aromatic rings. The number of nitrogens with one attached hydrogen (secondary N) is 1. The fourth-order valence-corrected chi connectivity index (χ4v) is 2.36. The second-order valence-corrected chi connectivity index (χ2v) is 5.29. The van der Waals surface area contributed by atoms with E-state index in [0.717, 1.165) is 18.8 Å². The van der Waals surface area contributed by atoms with Gasteiger partial charge in [0.05, 0.1) is 0 Å². The highest BCUT2D eigenvalue weighted by atomic mass is 35.5. The zero-order valence-electron chi connectivity index (χ0n) is 11.2. The van der Waals surface area contributed by atoms with Gasteiger partial charge in [-0.1, -0.05) is 33.1 Å². The number of nitrogens with two attached hydrogens (primary N) is 1. The fraction of sp³-hybridized carbons (Fsp3) is 0.923. The number of hydrogen-bond donors (Lipinski definition) is 2. The first-order chi connectivity index (χ1) is 7.54. The molecule has 0 saturated heterocycles. The lowest BCUT2D eigenvalue weighted by Gasteiger charge is -2.30. The van der Waals surface area contributed by atoms with Crippen LogP contribution in [0.5, 0.6) is 0 Å². The molecule has 1 saturated carbocycles. The van der Waals surface area contributed by atoms with Crippen LogP contribution in [0.25, 0.3) is 0 Å². The highest BCUT2D eigenvalue weighted by molar-refractivity contribution is 5.85. The third kappa shape index (κ3) is 5.26. The van der Waals surface area contributed by atoms with Gasteiger partial charge < -0.3 is 11.1 Å². The first kappa shape index (κ1) is 16.7. The second-order valence-electron chi connectivity index (χ2n) is 5.29. The molecule has 4 heteroatoms. The summed E-state index contributed by atoms with van der Waals surface area (Å²) in [5.41, 5.74) is 5.73. The molecule has 102 valence electrons. The molecule has 4 unspecified atom stereocenters. The summed E-state index contributed by atoms with van der Waals surface area (Å²) < 4.78 is 0. The van der Waals surface area contributed by atoms with Crippen molar-refractivity contribution >= 4 is 18.3 Å². The van der Waals surface area contributed by atoms with E-state index in [-0.39, 0.29) is 30.3 Å². The fourth-order valence-electron chi connectivity index (χ4n) is 2.36. The van der Waals surface area contributed by atoms with Gasteiger partial charge in [0.15, 0.2) is 0 Å². The van der Waals surface area contributed by atoms with Gasteiger partial charge in [-0.3, -0.25) is 4.79 Å². The molecule has 0 spiro atoms. The Labute approximate surface area is 111 Å². The van der Waals surface area contributed by atoms with E-state index in [4.69, 9.17) is 5.73 Å². The van der Waals surface area contributed by atoms with Crippen LogP contribution in [-0.2, 0) is 4.79 Å². The maximum atomic E-state index is 11.9. The van der Waals surface area contributed by atoms with Crippen molar-refractivity contribution in [2.24, 2.45) is 17.6 Å². The smallest absolute Gasteiger partial charge is 0.224 e. The molecule has 0 aromatic heterocycles. The quantitative estimate of drug-likeness (QED) is 0.818. The van der Waals surface area contributed by atoms with Gasteiger partial charge in [-0.15, -0.1) is 12.4 Å². The molecule has 0 aromatic carbocycles. The van der Waals surface area contributed by atoms with Gasteiger partial charge in [0.1, 0.15) is 0 Å². The zero-order chi connectivity index (χ0) is 12.1. The number of halogens is 1. The van der Waals surface area contributed by atoms with Crippen LogP contribution in [0.3, 0.4) is 0 Å². The number of rotatable bonds is 4. The molecule has 4 atom stereocenters. The van der Waals surface area contributed by atoms with E-state index in [0.29, 0.717) is 6.04 Å². The highest BCUT2D eigenvalue weighted by Crippen LogP contribution is 2.26. The molecule has 3 nitrogen and oxygen atoms in total. The van der Waals surface area contributed by atoms with E-state index in [2.05, 4.69) is 12.2 Å². The zero-order valence-corrected chi connectivity index (χ0v) is 12.1. The van der Waals surface area contributed by atoms with E-state index in [9.17, 15) is 4.79 Å². The first-order valence-electron chi connectivity index (χ1n) is 6.60. The highest BCUT2D eigenvalue weighted by Gasteiger charge is 2.24. The summed E-state index contributed by atoms with van der Waals surface area (Å²) in [6.07, 6.45) is 6.08. The third-order valence-electron chi connectivity index (χ3n) is 3.91. The molecule has 17 heavy (non-hydrogen) atoms. The summed E-state index contributed by atoms with van der Waals surface area (Å²) >= 11 is 0. The lowest BCUT2D eigenvalue weighted by molar-refractivity contribution is -0.126. The largest absolute Gasteiger partial charge is 0.353 e. The van der Waals surface area contributed by atoms with E-state index in [1.807, 2.05) is 13.8 Å². The van der Waals surface area contributed by atoms with Gasteiger partial charge in [-0.2, -0.15) is 0 Å². The minimum Gasteiger partial charge on any atom is -0.353 e. The van der Waals surface area contributed by atoms with Gasteiger partial charge in [0, 0.05) is 18.0 Å². The Balaban J connectivity index is 0.00000256. The maximum Gasteiger partial charge on any atom is 0.224 e. The van der Waals surface area contributed by atoms with E-state index < -0.39 is 0 Å². The van der Waals surface area contributed by atoms with Crippen molar-refractivity contribution in [3.8, 4) is 0 Å². The molecule has 1 fully saturated rings. The SMILES string of the molecule is CCC1CCCC(NC(=O)C(C)C(C)N)C1.Cl. The van der Waals surface area contributed by atoms with E-state index in [1.165, 1.54) is 19.3 Å². The number of amides is 1. The van der Waals surface area contributed by atoms with Gasteiger partial charge in [-0.05, 0) is 25.7 Å². The number of hydrogen-bond acceptors (Lipinski definition) is 2. The number of carbonyl (C=O) groups excluding carboxylic acids is 1. The Morgan fingerprint density at radius 1 is 1.41 bits per heavy atom. The average Bonchev–Trinajstić information content (AvgIpc) is 2.28. The van der Waals surface area contributed by atoms with Crippen LogP contribution in [0.2, 0.25) is 0 Å². The molecule has 1 aliphatic carbocycles. The molecule has 0 aliphatic heterocycles. The van der Waals surface area contributed by atoms with Gasteiger partial charge in [-0.25, -0.2) is 0 Å². The monoisotopic (exact) mass is 262 g/mol. The summed E-state index contributed by atoms with van der Waals surface area (Å²) in [4.78, 5) is 11.9. The Morgan fingerprint density at radius 2 is 2.06 bits per heavy atom. The van der Waals surface area contributed by atoms with Crippen LogP contribution in [0, 0.1) is 11.8 Å². The minimum atomic E-state index is -0.0815. The third-order valence-corrected chi connectivity index (χ3v) is 3.91. The summed E-state index contributed by atoms with van der Waals surface area (Å²) in [7, 11) is 0. The van der Waals surface area contributed by atoms with Gasteiger partial charge >= 0.3 is 0 Å². The normalized spacial score (nSPS) is 27.8. The van der Waals surface area contributed by atoms with Crippen LogP contribution < -0.4 is 11.1 Å². The molecule has 1 rings (SSSR count). The van der Waals surface area contributed by atoms with Crippen molar-refractivity contribution in [2.45, 2.75) is 65.0 Å². The van der Waals surface area contributed by atoms with Gasteiger partial charge in [0.2, 0.25) is 5.91 Å². The molecule has 1 aliphatic rings. The summed E-state index contributed by atoms with van der Waals surface area (Å²) in [6.45, 7) is 6.03. The second kappa shape index (κ2) is 7.93. The molecular formula is C13H27ClN2O. The molecular weight excluding hydrogens is 236 g/mol. The van der Waals surface area contributed by atoms with Crippen LogP contribution in [0.4, 0.5) is 0 Å². The van der Waals surface area contributed by atoms with Crippen molar-refractivity contribution in [2.75, 3.05) is 0 Å². The van der Waals surface area contributed by atoms with Gasteiger partial charge in [0.25, 0.3) is 0 Å². The minimum absolute atomic E-state index is 0. The van der Waals surface area contributed by atoms with E-state index >= 15 is 0 Å². The molecule has 0 radical (unpaired) electrons. The summed E-state index contributed by atoms with van der Waals surface area (Å²) in [5, 5.41) is 3.15. The van der Waals surface area contributed by atoms with Crippen molar-refractivity contribution in [1.82, 2.24) is 5.32 Å². The molecule has 0 bridgehead atoms. The van der Waals surface area contributed by atoms with Crippen molar-refractivity contribution in [1.29, 1.82) is 0 Å². The molecule has 3 N–H and O–H groups in total. The predicted octanol–water partition coefficient (Wildman–Crippen LogP) is 2.48. The van der Waals surface area contributed by atoms with Crippen molar-refractivity contribution in [3.63, 3.8) is 0 Å². The van der Waals surface area contributed by atoms with E-state index in [1.54, 1.807) is 0 Å². The Hall–Kier alpha value is -0.280. The average molecular weight is 263 g/mol. The standard InChI is InChI=1S/C13H26N2O.ClH/c1-4-11-6-5-7-12(8-11)15-13(16)9(2)10(3)14;/h9-12H,4-8,14H2,1-3H3,(H,15,16);1H. The lowest BCUT2D eigenvalue weighted by Crippen LogP contribution is -2.44. The molecule has 0 heterocycles. The molecule has 1 amide bonds. The maximum absolute atomic E-state index is 11.9. The first-order valence-corrected chi connectivity index (χ1v) is 6.60.